The second-order valence-corrected chi connectivity index (χ2v) is 3.56. The van der Waals surface area contributed by atoms with Crippen molar-refractivity contribution in [1.82, 2.24) is 0 Å². The molecule has 1 rings (SSSR count). The van der Waals surface area contributed by atoms with Crippen LogP contribution in [0.25, 0.3) is 0 Å². The number of hydrogen-bond donors (Lipinski definition) is 2. The predicted octanol–water partition coefficient (Wildman–Crippen LogP) is 1.75. The van der Waals surface area contributed by atoms with Gasteiger partial charge in [-0.15, -0.1) is 0 Å². The molecule has 0 amide bonds. The van der Waals surface area contributed by atoms with Crippen molar-refractivity contribution in [3.8, 4) is 5.75 Å². The molecule has 0 spiro atoms. The van der Waals surface area contributed by atoms with Crippen LogP contribution in [0.1, 0.15) is 18.0 Å². The summed E-state index contributed by atoms with van der Waals surface area (Å²) in [6.07, 6.45) is -0.119. The van der Waals surface area contributed by atoms with Crippen molar-refractivity contribution in [2.24, 2.45) is 5.73 Å². The molecule has 0 aliphatic rings. The van der Waals surface area contributed by atoms with E-state index in [1.165, 1.54) is 13.2 Å². The van der Waals surface area contributed by atoms with E-state index in [0.29, 0.717) is 0 Å². The SMILES string of the molecule is COC(=O)C[C@@H](N)c1ccc(F)c(Cl)c1O. The highest BCUT2D eigenvalue weighted by Gasteiger charge is 2.18. The molecule has 0 bridgehead atoms. The van der Waals surface area contributed by atoms with Crippen LogP contribution < -0.4 is 5.73 Å². The maximum atomic E-state index is 12.9. The molecule has 0 saturated heterocycles. The molecule has 88 valence electrons. The molecule has 0 unspecified atom stereocenters. The van der Waals surface area contributed by atoms with Gasteiger partial charge in [0.25, 0.3) is 0 Å². The summed E-state index contributed by atoms with van der Waals surface area (Å²) in [6, 6.07) is 1.57. The lowest BCUT2D eigenvalue weighted by Crippen LogP contribution is -2.16. The third kappa shape index (κ3) is 2.62. The number of phenols is 1. The Balaban J connectivity index is 2.96. The fourth-order valence-corrected chi connectivity index (χ4v) is 1.40. The van der Waals surface area contributed by atoms with E-state index >= 15 is 0 Å². The molecule has 1 aromatic rings. The quantitative estimate of drug-likeness (QED) is 0.798. The fourth-order valence-electron chi connectivity index (χ4n) is 1.23. The van der Waals surface area contributed by atoms with Gasteiger partial charge in [0.15, 0.2) is 0 Å². The number of carbonyl (C=O) groups is 1. The molecule has 16 heavy (non-hydrogen) atoms. The van der Waals surface area contributed by atoms with Gasteiger partial charge in [-0.25, -0.2) is 4.39 Å². The van der Waals surface area contributed by atoms with Crippen molar-refractivity contribution >= 4 is 17.6 Å². The number of carbonyl (C=O) groups excluding carboxylic acids is 1. The standard InChI is InChI=1S/C10H11ClFNO3/c1-16-8(14)4-7(13)5-2-3-6(12)9(11)10(5)15/h2-3,7,15H,4,13H2,1H3/t7-/m1/s1. The summed E-state index contributed by atoms with van der Waals surface area (Å²) < 4.78 is 17.4. The molecule has 0 aromatic heterocycles. The van der Waals surface area contributed by atoms with Crippen LogP contribution in [-0.4, -0.2) is 18.2 Å². The van der Waals surface area contributed by atoms with Crippen LogP contribution in [0, 0.1) is 5.82 Å². The summed E-state index contributed by atoms with van der Waals surface area (Å²) in [5.41, 5.74) is 5.85. The largest absolute Gasteiger partial charge is 0.506 e. The van der Waals surface area contributed by atoms with Gasteiger partial charge in [0.05, 0.1) is 13.5 Å². The minimum absolute atomic E-state index is 0.119. The van der Waals surface area contributed by atoms with Gasteiger partial charge in [-0.2, -0.15) is 0 Å². The summed E-state index contributed by atoms with van der Waals surface area (Å²) in [5, 5.41) is 9.13. The van der Waals surface area contributed by atoms with Gasteiger partial charge in [-0.05, 0) is 6.07 Å². The molecule has 0 saturated carbocycles. The van der Waals surface area contributed by atoms with Crippen molar-refractivity contribution in [2.45, 2.75) is 12.5 Å². The van der Waals surface area contributed by atoms with Crippen LogP contribution >= 0.6 is 11.6 Å². The Labute approximate surface area is 96.8 Å². The minimum Gasteiger partial charge on any atom is -0.506 e. The molecule has 1 atom stereocenters. The summed E-state index contributed by atoms with van der Waals surface area (Å²) >= 11 is 5.50. The van der Waals surface area contributed by atoms with Crippen LogP contribution in [-0.2, 0) is 9.53 Å². The number of esters is 1. The average Bonchev–Trinajstić information content (AvgIpc) is 2.25. The van der Waals surface area contributed by atoms with Gasteiger partial charge in [0.1, 0.15) is 16.6 Å². The van der Waals surface area contributed by atoms with Gasteiger partial charge in [0, 0.05) is 11.6 Å². The van der Waals surface area contributed by atoms with Gasteiger partial charge in [-0.3, -0.25) is 4.79 Å². The predicted molar refractivity (Wildman–Crippen MR) is 56.6 cm³/mol. The Morgan fingerprint density at radius 2 is 2.31 bits per heavy atom. The first-order valence-electron chi connectivity index (χ1n) is 4.46. The van der Waals surface area contributed by atoms with E-state index < -0.39 is 28.6 Å². The molecule has 0 aliphatic heterocycles. The van der Waals surface area contributed by atoms with Crippen molar-refractivity contribution in [2.75, 3.05) is 7.11 Å². The van der Waals surface area contributed by atoms with Gasteiger partial charge >= 0.3 is 5.97 Å². The summed E-state index contributed by atoms with van der Waals surface area (Å²) in [6.45, 7) is 0. The molecule has 0 fully saturated rings. The number of aromatic hydroxyl groups is 1. The van der Waals surface area contributed by atoms with Crippen LogP contribution in [0.2, 0.25) is 5.02 Å². The number of phenolic OH excluding ortho intramolecular Hbond substituents is 1. The van der Waals surface area contributed by atoms with E-state index in [2.05, 4.69) is 4.74 Å². The highest BCUT2D eigenvalue weighted by molar-refractivity contribution is 6.32. The van der Waals surface area contributed by atoms with Gasteiger partial charge < -0.3 is 15.6 Å². The maximum absolute atomic E-state index is 12.9. The Morgan fingerprint density at radius 1 is 1.69 bits per heavy atom. The van der Waals surface area contributed by atoms with Crippen molar-refractivity contribution in [3.63, 3.8) is 0 Å². The van der Waals surface area contributed by atoms with Crippen LogP contribution in [0.15, 0.2) is 12.1 Å². The first kappa shape index (κ1) is 12.7. The molecule has 4 nitrogen and oxygen atoms in total. The van der Waals surface area contributed by atoms with Crippen LogP contribution in [0.3, 0.4) is 0 Å². The van der Waals surface area contributed by atoms with E-state index in [1.807, 2.05) is 0 Å². The number of hydrogen-bond acceptors (Lipinski definition) is 4. The third-order valence-electron chi connectivity index (χ3n) is 2.11. The van der Waals surface area contributed by atoms with E-state index in [1.54, 1.807) is 0 Å². The van der Waals surface area contributed by atoms with E-state index in [4.69, 9.17) is 17.3 Å². The lowest BCUT2D eigenvalue weighted by Gasteiger charge is -2.13. The summed E-state index contributed by atoms with van der Waals surface area (Å²) in [7, 11) is 1.23. The Kier molecular flexibility index (Phi) is 4.09. The fraction of sp³-hybridized carbons (Fsp3) is 0.300. The zero-order chi connectivity index (χ0) is 12.3. The number of ether oxygens (including phenoxy) is 1. The summed E-state index contributed by atoms with van der Waals surface area (Å²) in [5.74, 6) is -1.71. The first-order chi connectivity index (χ1) is 7.47. The number of benzene rings is 1. The first-order valence-corrected chi connectivity index (χ1v) is 4.84. The maximum Gasteiger partial charge on any atom is 0.307 e. The normalized spacial score (nSPS) is 12.2. The molecule has 0 heterocycles. The van der Waals surface area contributed by atoms with E-state index in [0.717, 1.165) is 6.07 Å². The van der Waals surface area contributed by atoms with Gasteiger partial charge in [0.2, 0.25) is 0 Å². The van der Waals surface area contributed by atoms with Crippen molar-refractivity contribution in [1.29, 1.82) is 0 Å². The summed E-state index contributed by atoms with van der Waals surface area (Å²) in [4.78, 5) is 11.0. The lowest BCUT2D eigenvalue weighted by atomic mass is 10.0. The second-order valence-electron chi connectivity index (χ2n) is 3.19. The molecule has 0 radical (unpaired) electrons. The Morgan fingerprint density at radius 3 is 2.88 bits per heavy atom. The lowest BCUT2D eigenvalue weighted by molar-refractivity contribution is -0.141. The minimum atomic E-state index is -0.787. The number of halogens is 2. The molecule has 6 heteroatoms. The Hall–Kier alpha value is -1.33. The second kappa shape index (κ2) is 5.14. The smallest absolute Gasteiger partial charge is 0.307 e. The highest BCUT2D eigenvalue weighted by atomic mass is 35.5. The van der Waals surface area contributed by atoms with Gasteiger partial charge in [-0.1, -0.05) is 17.7 Å². The number of nitrogens with two attached hydrogens (primary N) is 1. The molecule has 3 N–H and O–H groups in total. The van der Waals surface area contributed by atoms with Crippen molar-refractivity contribution in [3.05, 3.63) is 28.5 Å². The molecular formula is C10H11ClFNO3. The monoisotopic (exact) mass is 247 g/mol. The average molecular weight is 248 g/mol. The molecular weight excluding hydrogens is 237 g/mol. The number of rotatable bonds is 3. The zero-order valence-corrected chi connectivity index (χ0v) is 9.29. The van der Waals surface area contributed by atoms with E-state index in [-0.39, 0.29) is 12.0 Å². The Bertz CT molecular complexity index is 411. The zero-order valence-electron chi connectivity index (χ0n) is 8.54. The van der Waals surface area contributed by atoms with Crippen molar-refractivity contribution < 1.29 is 19.0 Å². The van der Waals surface area contributed by atoms with Crippen LogP contribution in [0.5, 0.6) is 5.75 Å². The highest BCUT2D eigenvalue weighted by Crippen LogP contribution is 2.33. The van der Waals surface area contributed by atoms with E-state index in [9.17, 15) is 14.3 Å². The van der Waals surface area contributed by atoms with Crippen LogP contribution in [0.4, 0.5) is 4.39 Å². The number of methoxy groups -OCH3 is 1. The molecule has 0 aliphatic carbocycles. The topological polar surface area (TPSA) is 72.5 Å². The molecule has 1 aromatic carbocycles. The third-order valence-corrected chi connectivity index (χ3v) is 2.47.